The highest BCUT2D eigenvalue weighted by molar-refractivity contribution is 5.99. The van der Waals surface area contributed by atoms with Gasteiger partial charge in [-0.15, -0.1) is 0 Å². The lowest BCUT2D eigenvalue weighted by Crippen LogP contribution is -2.36. The van der Waals surface area contributed by atoms with E-state index in [2.05, 4.69) is 19.2 Å². The molecule has 0 aromatic heterocycles. The first-order valence-corrected chi connectivity index (χ1v) is 16.2. The molecule has 0 spiro atoms. The predicted octanol–water partition coefficient (Wildman–Crippen LogP) is 3.48. The van der Waals surface area contributed by atoms with Crippen molar-refractivity contribution in [2.75, 3.05) is 32.7 Å². The lowest BCUT2D eigenvalue weighted by Gasteiger charge is -2.18. The van der Waals surface area contributed by atoms with Crippen LogP contribution in [0.4, 0.5) is 0 Å². The molecule has 5 N–H and O–H groups in total. The number of nitrogens with one attached hydrogen (secondary N) is 1. The molecule has 0 bridgehead atoms. The summed E-state index contributed by atoms with van der Waals surface area (Å²) >= 11 is 0. The second-order valence-electron chi connectivity index (χ2n) is 12.3. The molecule has 5 amide bonds. The Morgan fingerprint density at radius 1 is 0.651 bits per heavy atom. The average Bonchev–Trinajstić information content (AvgIpc) is 3.64. The second-order valence-corrected chi connectivity index (χ2v) is 12.3. The van der Waals surface area contributed by atoms with E-state index in [4.69, 9.17) is 11.5 Å². The molecule has 3 rings (SSSR count). The molecule has 238 valence electrons. The number of primary amides is 2. The van der Waals surface area contributed by atoms with Crippen LogP contribution in [0.3, 0.4) is 0 Å². The molecule has 43 heavy (non-hydrogen) atoms. The zero-order valence-electron chi connectivity index (χ0n) is 26.0. The molecule has 2 heterocycles. The van der Waals surface area contributed by atoms with Crippen LogP contribution in [-0.2, 0) is 14.4 Å². The molecule has 0 radical (unpaired) electrons. The second kappa shape index (κ2) is 17.0. The molecule has 10 nitrogen and oxygen atoms in total. The maximum Gasteiger partial charge on any atom is 0.253 e. The minimum atomic E-state index is -0.816. The topological polar surface area (TPSA) is 156 Å². The molecule has 0 saturated carbocycles. The maximum absolute atomic E-state index is 13.5. The Kier molecular flexibility index (Phi) is 13.5. The summed E-state index contributed by atoms with van der Waals surface area (Å²) in [4.78, 5) is 66.5. The molecule has 0 unspecified atom stereocenters. The Hall–Kier alpha value is -3.43. The van der Waals surface area contributed by atoms with Gasteiger partial charge in [-0.25, -0.2) is 0 Å². The minimum absolute atomic E-state index is 0.0261. The summed E-state index contributed by atoms with van der Waals surface area (Å²) in [5.41, 5.74) is 11.6. The van der Waals surface area contributed by atoms with Crippen molar-refractivity contribution in [3.8, 4) is 0 Å². The van der Waals surface area contributed by atoms with Crippen molar-refractivity contribution in [3.05, 3.63) is 35.4 Å². The molecule has 2 saturated heterocycles. The number of amides is 5. The van der Waals surface area contributed by atoms with Gasteiger partial charge in [0.1, 0.15) is 0 Å². The fourth-order valence-electron chi connectivity index (χ4n) is 6.37. The molecule has 1 aromatic carbocycles. The third-order valence-corrected chi connectivity index (χ3v) is 9.04. The predicted molar refractivity (Wildman–Crippen MR) is 166 cm³/mol. The Bertz CT molecular complexity index is 1090. The van der Waals surface area contributed by atoms with Gasteiger partial charge in [-0.1, -0.05) is 71.6 Å². The Morgan fingerprint density at radius 2 is 1.09 bits per heavy atom. The van der Waals surface area contributed by atoms with Crippen LogP contribution in [-0.4, -0.2) is 72.1 Å². The van der Waals surface area contributed by atoms with Gasteiger partial charge in [0.15, 0.2) is 0 Å². The number of rotatable bonds is 17. The Balaban J connectivity index is 1.62. The van der Waals surface area contributed by atoms with E-state index in [-0.39, 0.29) is 42.6 Å². The van der Waals surface area contributed by atoms with Crippen molar-refractivity contribution in [1.29, 1.82) is 0 Å². The van der Waals surface area contributed by atoms with Crippen LogP contribution in [0.25, 0.3) is 0 Å². The quantitative estimate of drug-likeness (QED) is 0.235. The molecular formula is C33H51N5O5. The zero-order chi connectivity index (χ0) is 31.4. The molecule has 10 heteroatoms. The van der Waals surface area contributed by atoms with Gasteiger partial charge in [0.25, 0.3) is 11.8 Å². The number of unbranched alkanes of at least 4 members (excludes halogenated alkanes) is 8. The van der Waals surface area contributed by atoms with Crippen LogP contribution in [0.15, 0.2) is 24.3 Å². The van der Waals surface area contributed by atoms with Gasteiger partial charge >= 0.3 is 0 Å². The third kappa shape index (κ3) is 9.53. The van der Waals surface area contributed by atoms with Crippen LogP contribution < -0.4 is 16.8 Å². The van der Waals surface area contributed by atoms with E-state index in [1.807, 2.05) is 0 Å². The summed E-state index contributed by atoms with van der Waals surface area (Å²) in [6.45, 7) is 6.01. The zero-order valence-corrected chi connectivity index (χ0v) is 26.0. The van der Waals surface area contributed by atoms with Gasteiger partial charge in [-0.3, -0.25) is 24.0 Å². The molecule has 0 aliphatic carbocycles. The normalized spacial score (nSPS) is 21.6. The fourth-order valence-corrected chi connectivity index (χ4v) is 6.37. The van der Waals surface area contributed by atoms with Crippen LogP contribution in [0, 0.1) is 23.7 Å². The van der Waals surface area contributed by atoms with Crippen molar-refractivity contribution in [2.24, 2.45) is 35.1 Å². The number of hydrogen-bond donors (Lipinski definition) is 3. The minimum Gasteiger partial charge on any atom is -0.369 e. The highest BCUT2D eigenvalue weighted by Gasteiger charge is 2.42. The Labute approximate surface area is 256 Å². The largest absolute Gasteiger partial charge is 0.369 e. The Morgan fingerprint density at radius 3 is 1.60 bits per heavy atom. The number of nitrogens with zero attached hydrogens (tertiary/aromatic N) is 2. The number of nitrogens with two attached hydrogens (primary N) is 2. The van der Waals surface area contributed by atoms with Crippen LogP contribution in [0.5, 0.6) is 0 Å². The smallest absolute Gasteiger partial charge is 0.253 e. The first-order chi connectivity index (χ1) is 20.7. The average molecular weight is 598 g/mol. The van der Waals surface area contributed by atoms with Gasteiger partial charge < -0.3 is 26.6 Å². The van der Waals surface area contributed by atoms with Crippen molar-refractivity contribution in [1.82, 2.24) is 15.1 Å². The van der Waals surface area contributed by atoms with E-state index in [1.54, 1.807) is 29.2 Å². The summed E-state index contributed by atoms with van der Waals surface area (Å²) in [6, 6.07) is 6.40. The molecule has 2 aliphatic rings. The van der Waals surface area contributed by atoms with Crippen molar-refractivity contribution >= 4 is 29.5 Å². The molecular weight excluding hydrogens is 546 g/mol. The van der Waals surface area contributed by atoms with E-state index in [0.29, 0.717) is 30.8 Å². The van der Waals surface area contributed by atoms with Crippen molar-refractivity contribution in [3.63, 3.8) is 0 Å². The van der Waals surface area contributed by atoms with Crippen molar-refractivity contribution < 1.29 is 24.0 Å². The van der Waals surface area contributed by atoms with Gasteiger partial charge in [0.2, 0.25) is 17.7 Å². The first-order valence-electron chi connectivity index (χ1n) is 16.2. The maximum atomic E-state index is 13.5. The lowest BCUT2D eigenvalue weighted by atomic mass is 9.90. The molecule has 2 aliphatic heterocycles. The van der Waals surface area contributed by atoms with E-state index in [0.717, 1.165) is 44.9 Å². The monoisotopic (exact) mass is 597 g/mol. The van der Waals surface area contributed by atoms with Crippen molar-refractivity contribution in [2.45, 2.75) is 84.5 Å². The standard InChI is InChI=1S/C33H51N5O5/c1-3-5-7-9-10-11-13-25-19-37(20-26(25)31(41)36-18-12-8-6-4-2)32(42)23-14-16-24(17-15-23)33(43)38-21-27(29(34)39)28(22-38)30(35)40/h14-17,25-28H,3-13,18-22H2,1-2H3,(H2,34,39)(H2,35,40)(H,36,41)/t25-,26-,27-,28-/m1/s1. The molecule has 1 aromatic rings. The fraction of sp³-hybridized carbons (Fsp3) is 0.667. The van der Waals surface area contributed by atoms with Crippen LogP contribution in [0.1, 0.15) is 105 Å². The first kappa shape index (κ1) is 34.1. The summed E-state index contributed by atoms with van der Waals surface area (Å²) in [5, 5.41) is 3.12. The van der Waals surface area contributed by atoms with Gasteiger partial charge in [0.05, 0.1) is 17.8 Å². The van der Waals surface area contributed by atoms with Gasteiger partial charge in [0, 0.05) is 43.9 Å². The number of likely N-dealkylation sites (tertiary alicyclic amines) is 2. The third-order valence-electron chi connectivity index (χ3n) is 9.04. The highest BCUT2D eigenvalue weighted by atomic mass is 16.2. The molecule has 4 atom stereocenters. The SMILES string of the molecule is CCCCCCCC[C@@H]1CN(C(=O)c2ccc(C(=O)N3C[C@@H](C(N)=O)[C@H](C(N)=O)C3)cc2)C[C@H]1C(=O)NCCCCCC. The van der Waals surface area contributed by atoms with E-state index in [1.165, 1.54) is 30.6 Å². The van der Waals surface area contributed by atoms with Crippen LogP contribution in [0.2, 0.25) is 0 Å². The summed E-state index contributed by atoms with van der Waals surface area (Å²) < 4.78 is 0. The number of benzene rings is 1. The van der Waals surface area contributed by atoms with E-state index in [9.17, 15) is 24.0 Å². The number of hydrogen-bond acceptors (Lipinski definition) is 5. The lowest BCUT2D eigenvalue weighted by molar-refractivity contribution is -0.129. The van der Waals surface area contributed by atoms with E-state index >= 15 is 0 Å². The molecule has 2 fully saturated rings. The number of carbonyl (C=O) groups excluding carboxylic acids is 5. The summed E-state index contributed by atoms with van der Waals surface area (Å²) in [7, 11) is 0. The highest BCUT2D eigenvalue weighted by Crippen LogP contribution is 2.30. The summed E-state index contributed by atoms with van der Waals surface area (Å²) in [6.07, 6.45) is 12.4. The van der Waals surface area contributed by atoms with Gasteiger partial charge in [-0.05, 0) is 43.0 Å². The summed E-state index contributed by atoms with van der Waals surface area (Å²) in [5.74, 6) is -3.53. The van der Waals surface area contributed by atoms with E-state index < -0.39 is 23.7 Å². The van der Waals surface area contributed by atoms with Crippen LogP contribution >= 0.6 is 0 Å². The number of carbonyl (C=O) groups is 5. The van der Waals surface area contributed by atoms with Gasteiger partial charge in [-0.2, -0.15) is 0 Å².